The van der Waals surface area contributed by atoms with Crippen LogP contribution in [-0.4, -0.2) is 39.6 Å². The van der Waals surface area contributed by atoms with Gasteiger partial charge in [0.05, 0.1) is 19.8 Å². The highest BCUT2D eigenvalue weighted by Gasteiger charge is 2.11. The highest BCUT2D eigenvalue weighted by atomic mass is 19.1. The van der Waals surface area contributed by atoms with Crippen LogP contribution in [0.5, 0.6) is 5.75 Å². The minimum absolute atomic E-state index is 0.0397. The van der Waals surface area contributed by atoms with Crippen molar-refractivity contribution < 1.29 is 18.6 Å². The lowest BCUT2D eigenvalue weighted by molar-refractivity contribution is 0.0536. The van der Waals surface area contributed by atoms with Crippen molar-refractivity contribution in [3.8, 4) is 5.75 Å². The zero-order valence-corrected chi connectivity index (χ0v) is 11.5. The Labute approximate surface area is 113 Å². The van der Waals surface area contributed by atoms with E-state index >= 15 is 0 Å². The molecule has 4 nitrogen and oxygen atoms in total. The summed E-state index contributed by atoms with van der Waals surface area (Å²) < 4.78 is 29.3. The number of benzene rings is 1. The number of rotatable bonds is 9. The summed E-state index contributed by atoms with van der Waals surface area (Å²) in [6, 6.07) is 4.83. The van der Waals surface area contributed by atoms with Gasteiger partial charge in [0.1, 0.15) is 6.61 Å². The third-order valence-electron chi connectivity index (χ3n) is 2.50. The Kier molecular flexibility index (Phi) is 7.40. The van der Waals surface area contributed by atoms with Gasteiger partial charge in [-0.2, -0.15) is 0 Å². The summed E-state index contributed by atoms with van der Waals surface area (Å²) in [5, 5.41) is 0. The Morgan fingerprint density at radius 1 is 1.21 bits per heavy atom. The Bertz CT molecular complexity index is 372. The maximum absolute atomic E-state index is 13.7. The largest absolute Gasteiger partial charge is 0.488 e. The minimum Gasteiger partial charge on any atom is -0.488 e. The maximum atomic E-state index is 13.7. The van der Waals surface area contributed by atoms with Gasteiger partial charge < -0.3 is 19.9 Å². The molecule has 0 saturated heterocycles. The number of ether oxygens (including phenoxy) is 3. The first-order chi connectivity index (χ1) is 9.15. The highest BCUT2D eigenvalue weighted by molar-refractivity contribution is 5.35. The molecule has 0 fully saturated rings. The number of para-hydroxylation sites is 1. The van der Waals surface area contributed by atoms with Crippen molar-refractivity contribution >= 4 is 0 Å². The van der Waals surface area contributed by atoms with Crippen LogP contribution in [-0.2, 0) is 15.9 Å². The Hall–Kier alpha value is -1.17. The summed E-state index contributed by atoms with van der Waals surface area (Å²) in [7, 11) is 1.61. The van der Waals surface area contributed by atoms with E-state index in [0.717, 1.165) is 5.56 Å². The van der Waals surface area contributed by atoms with Gasteiger partial charge in [0, 0.05) is 13.2 Å². The molecule has 0 aliphatic heterocycles. The predicted octanol–water partition coefficient (Wildman–Crippen LogP) is 1.76. The van der Waals surface area contributed by atoms with Crippen LogP contribution in [0.2, 0.25) is 0 Å². The van der Waals surface area contributed by atoms with Crippen LogP contribution < -0.4 is 10.5 Å². The molecule has 1 unspecified atom stereocenters. The molecule has 5 heteroatoms. The molecular formula is C14H22FNO3. The van der Waals surface area contributed by atoms with Gasteiger partial charge in [0.25, 0.3) is 0 Å². The molecule has 1 atom stereocenters. The molecule has 108 valence electrons. The van der Waals surface area contributed by atoms with E-state index in [1.54, 1.807) is 13.2 Å². The Balaban J connectivity index is 2.47. The second kappa shape index (κ2) is 8.85. The molecular weight excluding hydrogens is 249 g/mol. The zero-order chi connectivity index (χ0) is 14.1. The summed E-state index contributed by atoms with van der Waals surface area (Å²) in [5.41, 5.74) is 6.52. The van der Waals surface area contributed by atoms with Crippen LogP contribution in [0, 0.1) is 5.82 Å². The van der Waals surface area contributed by atoms with Gasteiger partial charge >= 0.3 is 0 Å². The van der Waals surface area contributed by atoms with Crippen molar-refractivity contribution in [2.24, 2.45) is 5.73 Å². The molecule has 0 saturated carbocycles. The van der Waals surface area contributed by atoms with Crippen LogP contribution in [0.15, 0.2) is 18.2 Å². The van der Waals surface area contributed by atoms with Crippen molar-refractivity contribution in [2.45, 2.75) is 19.4 Å². The lowest BCUT2D eigenvalue weighted by atomic mass is 10.1. The first-order valence-corrected chi connectivity index (χ1v) is 6.37. The topological polar surface area (TPSA) is 53.7 Å². The molecule has 0 spiro atoms. The molecule has 1 rings (SSSR count). The van der Waals surface area contributed by atoms with Gasteiger partial charge in [-0.1, -0.05) is 12.1 Å². The molecule has 0 radical (unpaired) electrons. The molecule has 19 heavy (non-hydrogen) atoms. The fraction of sp³-hybridized carbons (Fsp3) is 0.571. The molecule has 0 aliphatic rings. The lowest BCUT2D eigenvalue weighted by Crippen LogP contribution is -2.19. The van der Waals surface area contributed by atoms with E-state index < -0.39 is 0 Å². The summed E-state index contributed by atoms with van der Waals surface area (Å²) in [6.45, 7) is 3.62. The van der Waals surface area contributed by atoms with E-state index in [9.17, 15) is 4.39 Å². The number of hydrogen-bond donors (Lipinski definition) is 1. The van der Waals surface area contributed by atoms with Gasteiger partial charge in [-0.25, -0.2) is 4.39 Å². The number of hydrogen-bond acceptors (Lipinski definition) is 4. The molecule has 0 bridgehead atoms. The van der Waals surface area contributed by atoms with E-state index in [1.165, 1.54) is 6.07 Å². The quantitative estimate of drug-likeness (QED) is 0.695. The average Bonchev–Trinajstić information content (AvgIpc) is 2.35. The van der Waals surface area contributed by atoms with Crippen LogP contribution in [0.3, 0.4) is 0 Å². The third-order valence-corrected chi connectivity index (χ3v) is 2.50. The summed E-state index contributed by atoms with van der Waals surface area (Å²) in [5.74, 6) is -0.0924. The number of methoxy groups -OCH3 is 1. The molecule has 0 heterocycles. The van der Waals surface area contributed by atoms with E-state index in [0.29, 0.717) is 32.8 Å². The van der Waals surface area contributed by atoms with Crippen LogP contribution in [0.1, 0.15) is 12.5 Å². The fourth-order valence-electron chi connectivity index (χ4n) is 1.67. The van der Waals surface area contributed by atoms with E-state index in [4.69, 9.17) is 19.9 Å². The molecule has 1 aromatic rings. The highest BCUT2D eigenvalue weighted by Crippen LogP contribution is 2.23. The normalized spacial score (nSPS) is 12.4. The van der Waals surface area contributed by atoms with E-state index in [2.05, 4.69) is 0 Å². The molecule has 1 aromatic carbocycles. The van der Waals surface area contributed by atoms with Gasteiger partial charge in [-0.05, 0) is 25.0 Å². The number of halogens is 1. The second-order valence-corrected chi connectivity index (χ2v) is 4.36. The van der Waals surface area contributed by atoms with Crippen molar-refractivity contribution in [1.29, 1.82) is 0 Å². The Morgan fingerprint density at radius 2 is 1.95 bits per heavy atom. The van der Waals surface area contributed by atoms with E-state index in [1.807, 2.05) is 13.0 Å². The standard InChI is InChI=1S/C14H22FNO3/c1-11(16)10-12-4-3-5-13(15)14(12)19-9-8-18-7-6-17-2/h3-5,11H,6-10,16H2,1-2H3. The Morgan fingerprint density at radius 3 is 2.63 bits per heavy atom. The predicted molar refractivity (Wildman–Crippen MR) is 71.9 cm³/mol. The minimum atomic E-state index is -0.366. The summed E-state index contributed by atoms with van der Waals surface area (Å²) >= 11 is 0. The molecule has 0 aliphatic carbocycles. The zero-order valence-electron chi connectivity index (χ0n) is 11.5. The SMILES string of the molecule is COCCOCCOc1c(F)cccc1CC(C)N. The first kappa shape index (κ1) is 15.9. The molecule has 2 N–H and O–H groups in total. The summed E-state index contributed by atoms with van der Waals surface area (Å²) in [4.78, 5) is 0. The van der Waals surface area contributed by atoms with Crippen LogP contribution >= 0.6 is 0 Å². The van der Waals surface area contributed by atoms with Gasteiger partial charge in [0.2, 0.25) is 0 Å². The lowest BCUT2D eigenvalue weighted by Gasteiger charge is -2.14. The molecule has 0 amide bonds. The van der Waals surface area contributed by atoms with Gasteiger partial charge in [0.15, 0.2) is 11.6 Å². The third kappa shape index (κ3) is 6.00. The van der Waals surface area contributed by atoms with Crippen molar-refractivity contribution in [3.63, 3.8) is 0 Å². The van der Waals surface area contributed by atoms with Crippen molar-refractivity contribution in [1.82, 2.24) is 0 Å². The van der Waals surface area contributed by atoms with E-state index in [-0.39, 0.29) is 17.6 Å². The molecule has 0 aromatic heterocycles. The maximum Gasteiger partial charge on any atom is 0.165 e. The smallest absolute Gasteiger partial charge is 0.165 e. The van der Waals surface area contributed by atoms with Crippen molar-refractivity contribution in [2.75, 3.05) is 33.5 Å². The summed E-state index contributed by atoms with van der Waals surface area (Å²) in [6.07, 6.45) is 0.581. The monoisotopic (exact) mass is 271 g/mol. The van der Waals surface area contributed by atoms with Crippen LogP contribution in [0.25, 0.3) is 0 Å². The van der Waals surface area contributed by atoms with Crippen LogP contribution in [0.4, 0.5) is 4.39 Å². The average molecular weight is 271 g/mol. The number of nitrogens with two attached hydrogens (primary N) is 1. The van der Waals surface area contributed by atoms with Crippen molar-refractivity contribution in [3.05, 3.63) is 29.6 Å². The second-order valence-electron chi connectivity index (χ2n) is 4.36. The fourth-order valence-corrected chi connectivity index (χ4v) is 1.67. The first-order valence-electron chi connectivity index (χ1n) is 6.37. The van der Waals surface area contributed by atoms with Gasteiger partial charge in [-0.15, -0.1) is 0 Å². The van der Waals surface area contributed by atoms with Gasteiger partial charge in [-0.3, -0.25) is 0 Å².